The molecule has 0 fully saturated rings. The number of aliphatic hydroxyl groups excluding tert-OH is 1. The van der Waals surface area contributed by atoms with Gasteiger partial charge in [-0.2, -0.15) is 5.10 Å². The number of hydrogen-bond acceptors (Lipinski definition) is 5. The SMILES string of the molecule is COc1ccc(-c2nn(C)c(NC(=O)c3oc4c(c3C)C(O)CC(C)(C)C4)c2C)cc1. The lowest BCUT2D eigenvalue weighted by Gasteiger charge is -2.31. The number of rotatable bonds is 4. The van der Waals surface area contributed by atoms with E-state index in [2.05, 4.69) is 24.3 Å². The van der Waals surface area contributed by atoms with Gasteiger partial charge in [-0.05, 0) is 49.9 Å². The highest BCUT2D eigenvalue weighted by Crippen LogP contribution is 2.44. The minimum Gasteiger partial charge on any atom is -0.497 e. The molecule has 3 aromatic rings. The molecule has 1 unspecified atom stereocenters. The topological polar surface area (TPSA) is 89.5 Å². The third-order valence-corrected chi connectivity index (χ3v) is 6.07. The highest BCUT2D eigenvalue weighted by molar-refractivity contribution is 6.04. The fourth-order valence-corrected chi connectivity index (χ4v) is 4.49. The summed E-state index contributed by atoms with van der Waals surface area (Å²) in [5, 5.41) is 18.1. The van der Waals surface area contributed by atoms with Gasteiger partial charge in [0.15, 0.2) is 5.76 Å². The number of nitrogens with one attached hydrogen (secondary N) is 1. The van der Waals surface area contributed by atoms with E-state index in [1.807, 2.05) is 38.1 Å². The molecule has 7 nitrogen and oxygen atoms in total. The third-order valence-electron chi connectivity index (χ3n) is 6.07. The maximum Gasteiger partial charge on any atom is 0.292 e. The fourth-order valence-electron chi connectivity index (χ4n) is 4.49. The number of aliphatic hydroxyl groups is 1. The van der Waals surface area contributed by atoms with Crippen LogP contribution in [0.5, 0.6) is 5.75 Å². The van der Waals surface area contributed by atoms with Crippen LogP contribution in [0.3, 0.4) is 0 Å². The molecule has 2 aromatic heterocycles. The van der Waals surface area contributed by atoms with Crippen molar-refractivity contribution >= 4 is 11.7 Å². The van der Waals surface area contributed by atoms with Crippen molar-refractivity contribution in [1.82, 2.24) is 9.78 Å². The van der Waals surface area contributed by atoms with E-state index in [-0.39, 0.29) is 17.1 Å². The number of nitrogens with zero attached hydrogens (tertiary/aromatic N) is 2. The molecule has 0 bridgehead atoms. The maximum atomic E-state index is 13.1. The second-order valence-electron chi connectivity index (χ2n) is 9.08. The van der Waals surface area contributed by atoms with Crippen LogP contribution < -0.4 is 10.1 Å². The van der Waals surface area contributed by atoms with Gasteiger partial charge in [-0.1, -0.05) is 13.8 Å². The number of hydrogen-bond donors (Lipinski definition) is 2. The first kappa shape index (κ1) is 21.2. The molecule has 2 heterocycles. The normalized spacial score (nSPS) is 17.3. The number of benzene rings is 1. The first-order valence-corrected chi connectivity index (χ1v) is 10.4. The molecule has 2 N–H and O–H groups in total. The zero-order valence-electron chi connectivity index (χ0n) is 18.9. The Hall–Kier alpha value is -3.06. The van der Waals surface area contributed by atoms with Crippen LogP contribution in [0.1, 0.15) is 59.4 Å². The van der Waals surface area contributed by atoms with Crippen molar-refractivity contribution in [1.29, 1.82) is 0 Å². The molecule has 1 aliphatic carbocycles. The number of furan rings is 1. The summed E-state index contributed by atoms with van der Waals surface area (Å²) < 4.78 is 12.8. The first-order chi connectivity index (χ1) is 14.6. The van der Waals surface area contributed by atoms with E-state index < -0.39 is 6.10 Å². The monoisotopic (exact) mass is 423 g/mol. The second kappa shape index (κ2) is 7.57. The Bertz CT molecular complexity index is 1140. The zero-order chi connectivity index (χ0) is 22.5. The summed E-state index contributed by atoms with van der Waals surface area (Å²) in [6.07, 6.45) is 0.719. The van der Waals surface area contributed by atoms with Gasteiger partial charge in [0, 0.05) is 35.7 Å². The summed E-state index contributed by atoms with van der Waals surface area (Å²) in [7, 11) is 3.42. The minimum atomic E-state index is -0.621. The molecule has 0 spiro atoms. The summed E-state index contributed by atoms with van der Waals surface area (Å²) in [4.78, 5) is 13.1. The predicted molar refractivity (Wildman–Crippen MR) is 118 cm³/mol. The Morgan fingerprint density at radius 3 is 2.58 bits per heavy atom. The van der Waals surface area contributed by atoms with E-state index in [0.717, 1.165) is 28.1 Å². The van der Waals surface area contributed by atoms with Crippen LogP contribution in [-0.4, -0.2) is 27.9 Å². The van der Waals surface area contributed by atoms with Gasteiger partial charge in [0.05, 0.1) is 18.9 Å². The number of fused-ring (bicyclic) bond motifs is 1. The summed E-state index contributed by atoms with van der Waals surface area (Å²) in [6, 6.07) is 7.64. The van der Waals surface area contributed by atoms with Crippen molar-refractivity contribution in [3.8, 4) is 17.0 Å². The van der Waals surface area contributed by atoms with Crippen molar-refractivity contribution in [2.45, 2.75) is 46.6 Å². The van der Waals surface area contributed by atoms with E-state index in [0.29, 0.717) is 30.0 Å². The molecule has 0 saturated carbocycles. The molecule has 0 aliphatic heterocycles. The molecule has 31 heavy (non-hydrogen) atoms. The lowest BCUT2D eigenvalue weighted by atomic mass is 9.75. The van der Waals surface area contributed by atoms with Gasteiger partial charge in [-0.3, -0.25) is 9.48 Å². The highest BCUT2D eigenvalue weighted by Gasteiger charge is 2.37. The zero-order valence-corrected chi connectivity index (χ0v) is 18.9. The van der Waals surface area contributed by atoms with Crippen LogP contribution in [0.4, 0.5) is 5.82 Å². The Labute approximate surface area is 182 Å². The van der Waals surface area contributed by atoms with Gasteiger partial charge in [0.1, 0.15) is 17.3 Å². The van der Waals surface area contributed by atoms with Crippen LogP contribution in [0, 0.1) is 19.3 Å². The first-order valence-electron chi connectivity index (χ1n) is 10.4. The number of ether oxygens (including phenoxy) is 1. The van der Waals surface area contributed by atoms with Gasteiger partial charge in [-0.15, -0.1) is 0 Å². The Balaban J connectivity index is 1.63. The number of carbonyl (C=O) groups excluding carboxylic acids is 1. The number of carbonyl (C=O) groups is 1. The van der Waals surface area contributed by atoms with Gasteiger partial charge in [-0.25, -0.2) is 0 Å². The average molecular weight is 424 g/mol. The van der Waals surface area contributed by atoms with Crippen LogP contribution in [0.15, 0.2) is 28.7 Å². The molecule has 1 atom stereocenters. The largest absolute Gasteiger partial charge is 0.497 e. The number of aromatic nitrogens is 2. The Morgan fingerprint density at radius 2 is 1.94 bits per heavy atom. The maximum absolute atomic E-state index is 13.1. The van der Waals surface area contributed by atoms with E-state index in [4.69, 9.17) is 9.15 Å². The molecule has 7 heteroatoms. The Morgan fingerprint density at radius 1 is 1.26 bits per heavy atom. The highest BCUT2D eigenvalue weighted by atomic mass is 16.5. The van der Waals surface area contributed by atoms with Crippen molar-refractivity contribution in [2.75, 3.05) is 12.4 Å². The number of anilines is 1. The summed E-state index contributed by atoms with van der Waals surface area (Å²) >= 11 is 0. The molecule has 0 radical (unpaired) electrons. The van der Waals surface area contributed by atoms with Gasteiger partial charge < -0.3 is 19.6 Å². The quantitative estimate of drug-likeness (QED) is 0.642. The predicted octanol–water partition coefficient (Wildman–Crippen LogP) is 4.56. The van der Waals surface area contributed by atoms with E-state index in [1.165, 1.54) is 0 Å². The minimum absolute atomic E-state index is 0.0731. The average Bonchev–Trinajstić information content (AvgIpc) is 3.18. The van der Waals surface area contributed by atoms with E-state index in [1.54, 1.807) is 18.8 Å². The molecule has 1 aliphatic rings. The van der Waals surface area contributed by atoms with Crippen LogP contribution in [0.2, 0.25) is 0 Å². The molecule has 0 saturated heterocycles. The molecule has 1 amide bonds. The van der Waals surface area contributed by atoms with Crippen molar-refractivity contribution in [3.63, 3.8) is 0 Å². The lowest BCUT2D eigenvalue weighted by Crippen LogP contribution is -2.24. The fraction of sp³-hybridized carbons (Fsp3) is 0.417. The third kappa shape index (κ3) is 3.74. The smallest absolute Gasteiger partial charge is 0.292 e. The van der Waals surface area contributed by atoms with Crippen molar-refractivity contribution in [3.05, 3.63) is 52.5 Å². The molecular formula is C24H29N3O4. The molecular weight excluding hydrogens is 394 g/mol. The number of amides is 1. The van der Waals surface area contributed by atoms with Crippen LogP contribution in [-0.2, 0) is 13.5 Å². The second-order valence-corrected chi connectivity index (χ2v) is 9.08. The van der Waals surface area contributed by atoms with Gasteiger partial charge in [0.25, 0.3) is 5.91 Å². The summed E-state index contributed by atoms with van der Waals surface area (Å²) in [5.41, 5.74) is 3.96. The van der Waals surface area contributed by atoms with Crippen molar-refractivity contribution < 1.29 is 19.1 Å². The summed E-state index contributed by atoms with van der Waals surface area (Å²) in [5.74, 6) is 1.98. The van der Waals surface area contributed by atoms with Crippen LogP contribution >= 0.6 is 0 Å². The molecule has 1 aromatic carbocycles. The standard InChI is InChI=1S/C24H29N3O4/c1-13-19-17(28)11-24(3,4)12-18(19)31-21(13)23(29)25-22-14(2)20(26-27(22)5)15-7-9-16(30-6)10-8-15/h7-10,17,28H,11-12H2,1-6H3,(H,25,29). The number of methoxy groups -OCH3 is 1. The van der Waals surface area contributed by atoms with Crippen LogP contribution in [0.25, 0.3) is 11.3 Å². The Kier molecular flexibility index (Phi) is 5.17. The van der Waals surface area contributed by atoms with Crippen molar-refractivity contribution in [2.24, 2.45) is 12.5 Å². The van der Waals surface area contributed by atoms with E-state index >= 15 is 0 Å². The lowest BCUT2D eigenvalue weighted by molar-refractivity contribution is 0.0910. The van der Waals surface area contributed by atoms with E-state index in [9.17, 15) is 9.90 Å². The summed E-state index contributed by atoms with van der Waals surface area (Å²) in [6.45, 7) is 7.94. The van der Waals surface area contributed by atoms with Gasteiger partial charge >= 0.3 is 0 Å². The van der Waals surface area contributed by atoms with Gasteiger partial charge in [0.2, 0.25) is 0 Å². The molecule has 164 valence electrons. The molecule has 4 rings (SSSR count). The number of aryl methyl sites for hydroxylation is 1.